The van der Waals surface area contributed by atoms with Crippen LogP contribution < -0.4 is 21.2 Å². The van der Waals surface area contributed by atoms with Crippen molar-refractivity contribution in [2.45, 2.75) is 58.9 Å². The molecule has 44 heavy (non-hydrogen) atoms. The van der Waals surface area contributed by atoms with E-state index in [1.54, 1.807) is 0 Å². The standard InChI is InChI=1S/C33H47ClN4P2Si3Te/c1-41(2,3)35-39(30-22-14-10-15-23-30,31-24-16-11-17-25-31)37-44(34)38(43(7,8)9)40(36-42(4,5)6,32-26-18-12-19-27-32)33-28-20-13-21-29-33/h10-29H,1-9H3. The maximum atomic E-state index is 8.09. The Morgan fingerprint density at radius 3 is 1.11 bits per heavy atom. The van der Waals surface area contributed by atoms with Gasteiger partial charge in [0.2, 0.25) is 0 Å². The van der Waals surface area contributed by atoms with Crippen molar-refractivity contribution in [3.05, 3.63) is 121 Å². The molecule has 0 aliphatic heterocycles. The van der Waals surface area contributed by atoms with E-state index < -0.39 is 57.6 Å². The third-order valence-electron chi connectivity index (χ3n) is 6.52. The Morgan fingerprint density at radius 1 is 0.500 bits per heavy atom. The molecule has 0 saturated heterocycles. The van der Waals surface area contributed by atoms with Gasteiger partial charge in [0.25, 0.3) is 0 Å². The van der Waals surface area contributed by atoms with Crippen LogP contribution in [0.15, 0.2) is 133 Å². The van der Waals surface area contributed by atoms with Crippen LogP contribution in [-0.4, -0.2) is 45.8 Å². The summed E-state index contributed by atoms with van der Waals surface area (Å²) < 4.78 is 20.6. The summed E-state index contributed by atoms with van der Waals surface area (Å²) in [7, 11) is -3.15. The van der Waals surface area contributed by atoms with Crippen molar-refractivity contribution in [2.75, 3.05) is 0 Å². The van der Waals surface area contributed by atoms with E-state index in [9.17, 15) is 0 Å². The molecule has 234 valence electrons. The minimum absolute atomic E-state index is 1.18. The molecule has 0 heterocycles. The molecule has 0 atom stereocenters. The second-order valence-electron chi connectivity index (χ2n) is 13.8. The Hall–Kier alpha value is -1.17. The summed E-state index contributed by atoms with van der Waals surface area (Å²) in [5, 5.41) is 4.90. The fraction of sp³-hybridized carbons (Fsp3) is 0.273. The van der Waals surface area contributed by atoms with E-state index in [1.165, 1.54) is 21.2 Å². The summed E-state index contributed by atoms with van der Waals surface area (Å²) in [4.78, 5) is 0. The van der Waals surface area contributed by atoms with Crippen LogP contribution in [0.5, 0.6) is 0 Å². The first-order valence-electron chi connectivity index (χ1n) is 15.0. The van der Waals surface area contributed by atoms with Gasteiger partial charge in [-0.2, -0.15) is 0 Å². The first-order chi connectivity index (χ1) is 20.6. The molecule has 0 radical (unpaired) electrons. The topological polar surface area (TPSA) is 40.3 Å². The van der Waals surface area contributed by atoms with Gasteiger partial charge in [-0.3, -0.25) is 0 Å². The van der Waals surface area contributed by atoms with Gasteiger partial charge < -0.3 is 0 Å². The van der Waals surface area contributed by atoms with Crippen molar-refractivity contribution in [3.63, 3.8) is 0 Å². The summed E-state index contributed by atoms with van der Waals surface area (Å²) in [5.41, 5.74) is 0. The summed E-state index contributed by atoms with van der Waals surface area (Å²) in [5.74, 6) is 0. The normalized spacial score (nSPS) is 14.0. The van der Waals surface area contributed by atoms with E-state index in [-0.39, 0.29) is 0 Å². The number of benzene rings is 4. The first kappa shape index (κ1) is 35.7. The molecule has 4 aromatic rings. The number of halogens is 1. The van der Waals surface area contributed by atoms with Crippen LogP contribution in [0.4, 0.5) is 0 Å². The number of hydrogen-bond donors (Lipinski definition) is 0. The Morgan fingerprint density at radius 2 is 0.818 bits per heavy atom. The average molecular weight is 809 g/mol. The third-order valence-corrected chi connectivity index (χ3v) is 38.9. The maximum absolute atomic E-state index is 8.09. The van der Waals surface area contributed by atoms with E-state index in [4.69, 9.17) is 20.7 Å². The Labute approximate surface area is 280 Å². The van der Waals surface area contributed by atoms with Gasteiger partial charge in [0.1, 0.15) is 0 Å². The Kier molecular flexibility index (Phi) is 11.6. The second-order valence-corrected chi connectivity index (χ2v) is 41.7. The molecule has 0 fully saturated rings. The van der Waals surface area contributed by atoms with Gasteiger partial charge >= 0.3 is 282 Å². The SMILES string of the molecule is C[Si](C)(C)N=P(/N=[Te](/Cl)N([Si](C)(C)C)P(=N[Si](C)(C)C)(c1ccccc1)c1ccccc1)(c1ccccc1)c1ccccc1. The van der Waals surface area contributed by atoms with Crippen molar-refractivity contribution in [2.24, 2.45) is 11.8 Å². The molecular weight excluding hydrogens is 762 g/mol. The zero-order valence-corrected chi connectivity index (χ0v) is 35.4. The summed E-state index contributed by atoms with van der Waals surface area (Å²) in [6, 6.07) is 43.5. The molecule has 0 aliphatic rings. The second kappa shape index (κ2) is 14.3. The van der Waals surface area contributed by atoms with E-state index in [0.717, 1.165) is 0 Å². The fourth-order valence-electron chi connectivity index (χ4n) is 5.19. The van der Waals surface area contributed by atoms with Gasteiger partial charge in [-0.1, -0.05) is 0 Å². The van der Waals surface area contributed by atoms with Crippen molar-refractivity contribution in [1.82, 2.24) is 2.59 Å². The molecule has 0 bridgehead atoms. The van der Waals surface area contributed by atoms with Crippen molar-refractivity contribution >= 4 is 87.8 Å². The molecule has 4 rings (SSSR count). The van der Waals surface area contributed by atoms with Crippen molar-refractivity contribution in [1.29, 1.82) is 0 Å². The number of rotatable bonds is 10. The van der Waals surface area contributed by atoms with E-state index >= 15 is 0 Å². The van der Waals surface area contributed by atoms with Crippen molar-refractivity contribution < 1.29 is 0 Å². The molecule has 0 N–H and O–H groups in total. The van der Waals surface area contributed by atoms with Gasteiger partial charge in [0, 0.05) is 0 Å². The molecule has 11 heteroatoms. The summed E-state index contributed by atoms with van der Waals surface area (Å²) in [6.07, 6.45) is 0. The third kappa shape index (κ3) is 8.40. The monoisotopic (exact) mass is 810 g/mol. The van der Waals surface area contributed by atoms with E-state index in [1.807, 2.05) is 0 Å². The summed E-state index contributed by atoms with van der Waals surface area (Å²) >= 11 is -3.04. The molecule has 4 aromatic carbocycles. The Balaban J connectivity index is 2.24. The average Bonchev–Trinajstić information content (AvgIpc) is 2.96. The molecule has 0 saturated carbocycles. The molecule has 0 aromatic heterocycles. The van der Waals surface area contributed by atoms with Gasteiger partial charge in [0.05, 0.1) is 0 Å². The van der Waals surface area contributed by atoms with Crippen LogP contribution in [0.25, 0.3) is 0 Å². The van der Waals surface area contributed by atoms with Crippen LogP contribution in [0.2, 0.25) is 58.9 Å². The fourth-order valence-corrected chi connectivity index (χ4v) is 45.6. The van der Waals surface area contributed by atoms with Gasteiger partial charge in [-0.05, 0) is 0 Å². The van der Waals surface area contributed by atoms with Gasteiger partial charge in [-0.15, -0.1) is 0 Å². The van der Waals surface area contributed by atoms with Crippen LogP contribution >= 0.6 is 23.4 Å². The van der Waals surface area contributed by atoms with Crippen LogP contribution in [-0.2, 0) is 0 Å². The van der Waals surface area contributed by atoms with E-state index in [2.05, 4.69) is 183 Å². The first-order valence-corrected chi connectivity index (χ1v) is 33.8. The van der Waals surface area contributed by atoms with Gasteiger partial charge in [0.15, 0.2) is 0 Å². The quantitative estimate of drug-likeness (QED) is 0.116. The van der Waals surface area contributed by atoms with Crippen molar-refractivity contribution in [3.8, 4) is 0 Å². The van der Waals surface area contributed by atoms with Crippen LogP contribution in [0.3, 0.4) is 0 Å². The molecule has 4 nitrogen and oxygen atoms in total. The van der Waals surface area contributed by atoms with Gasteiger partial charge in [-0.25, -0.2) is 0 Å². The molecule has 0 amide bonds. The van der Waals surface area contributed by atoms with Crippen LogP contribution in [0.1, 0.15) is 0 Å². The molecule has 0 aliphatic carbocycles. The zero-order chi connectivity index (χ0) is 32.2. The predicted molar refractivity (Wildman–Crippen MR) is 209 cm³/mol. The minimum atomic E-state index is -3.04. The number of nitrogens with zero attached hydrogens (tertiary/aromatic N) is 4. The molecular formula is C33H47ClN4P2Si3Te. The Bertz CT molecular complexity index is 1600. The summed E-state index contributed by atoms with van der Waals surface area (Å²) in [6.45, 7) is 21.3. The molecule has 0 unspecified atom stereocenters. The zero-order valence-electron chi connectivity index (χ0n) is 27.5. The van der Waals surface area contributed by atoms with E-state index in [0.29, 0.717) is 0 Å². The predicted octanol–water partition coefficient (Wildman–Crippen LogP) is 9.82. The number of hydrogen-bond acceptors (Lipinski definition) is 2. The molecule has 0 spiro atoms. The van der Waals surface area contributed by atoms with Crippen LogP contribution in [0, 0.1) is 0 Å².